The molecule has 7 heteroatoms. The first-order valence-corrected chi connectivity index (χ1v) is 7.46. The van der Waals surface area contributed by atoms with E-state index in [9.17, 15) is 4.79 Å². The lowest BCUT2D eigenvalue weighted by Crippen LogP contribution is -2.28. The summed E-state index contributed by atoms with van der Waals surface area (Å²) in [6.07, 6.45) is 8.03. The number of imidazole rings is 1. The molecule has 1 atom stereocenters. The molecule has 1 fully saturated rings. The van der Waals surface area contributed by atoms with Gasteiger partial charge in [-0.1, -0.05) is 11.6 Å². The smallest absolute Gasteiger partial charge is 0.271 e. The summed E-state index contributed by atoms with van der Waals surface area (Å²) < 4.78 is 7.07. The van der Waals surface area contributed by atoms with Crippen LogP contribution in [0.2, 0.25) is 5.02 Å². The van der Waals surface area contributed by atoms with Crippen molar-refractivity contribution < 1.29 is 9.53 Å². The average molecular weight is 309 g/mol. The molecule has 3 rings (SSSR count). The number of hydrogen-bond donors (Lipinski definition) is 1. The number of hydrogen-bond acceptors (Lipinski definition) is 4. The van der Waals surface area contributed by atoms with Crippen molar-refractivity contribution in [1.29, 1.82) is 0 Å². The second-order valence-corrected chi connectivity index (χ2v) is 5.67. The monoisotopic (exact) mass is 308 g/mol. The molecule has 0 radical (unpaired) electrons. The fourth-order valence-electron chi connectivity index (χ4n) is 2.48. The van der Waals surface area contributed by atoms with Crippen LogP contribution in [-0.2, 0) is 4.74 Å². The average Bonchev–Trinajstić information content (AvgIpc) is 2.91. The summed E-state index contributed by atoms with van der Waals surface area (Å²) in [6, 6.07) is 0. The topological polar surface area (TPSA) is 68.5 Å². The van der Waals surface area contributed by atoms with Gasteiger partial charge < -0.3 is 10.1 Å². The standard InChI is InChI=1S/C14H17ClN4O2/c15-11-6-17-14-18-12(8-19(14)7-11)13(20)16-4-3-10-2-1-5-21-9-10/h6-8,10H,1-5,9H2,(H,16,20)/t10-/m0/s1. The molecule has 6 nitrogen and oxygen atoms in total. The fraction of sp³-hybridized carbons (Fsp3) is 0.500. The van der Waals surface area contributed by atoms with Crippen LogP contribution in [-0.4, -0.2) is 40.0 Å². The molecule has 1 amide bonds. The Kier molecular flexibility index (Phi) is 4.36. The van der Waals surface area contributed by atoms with Gasteiger partial charge in [0, 0.05) is 32.2 Å². The molecule has 112 valence electrons. The minimum absolute atomic E-state index is 0.187. The first-order chi connectivity index (χ1) is 10.2. The Balaban J connectivity index is 1.56. The zero-order chi connectivity index (χ0) is 14.7. The van der Waals surface area contributed by atoms with Gasteiger partial charge >= 0.3 is 0 Å². The Morgan fingerprint density at radius 3 is 3.24 bits per heavy atom. The molecule has 2 aromatic rings. The van der Waals surface area contributed by atoms with Crippen molar-refractivity contribution in [2.24, 2.45) is 5.92 Å². The summed E-state index contributed by atoms with van der Waals surface area (Å²) in [5, 5.41) is 3.39. The summed E-state index contributed by atoms with van der Waals surface area (Å²) in [4.78, 5) is 20.3. The van der Waals surface area contributed by atoms with Gasteiger partial charge in [0.05, 0.1) is 11.2 Å². The summed E-state index contributed by atoms with van der Waals surface area (Å²) in [7, 11) is 0. The number of aromatic nitrogens is 3. The second-order valence-electron chi connectivity index (χ2n) is 5.23. The summed E-state index contributed by atoms with van der Waals surface area (Å²) in [5.41, 5.74) is 0.352. The van der Waals surface area contributed by atoms with Crippen LogP contribution in [0.4, 0.5) is 0 Å². The quantitative estimate of drug-likeness (QED) is 0.937. The Morgan fingerprint density at radius 1 is 1.52 bits per heavy atom. The van der Waals surface area contributed by atoms with E-state index in [1.807, 2.05) is 0 Å². The second kappa shape index (κ2) is 6.41. The Morgan fingerprint density at radius 2 is 2.43 bits per heavy atom. The summed E-state index contributed by atoms with van der Waals surface area (Å²) in [6.45, 7) is 2.29. The lowest BCUT2D eigenvalue weighted by Gasteiger charge is -2.21. The Bertz CT molecular complexity index is 637. The van der Waals surface area contributed by atoms with Crippen molar-refractivity contribution in [2.45, 2.75) is 19.3 Å². The molecule has 0 aromatic carbocycles. The summed E-state index contributed by atoms with van der Waals surface area (Å²) >= 11 is 5.85. The highest BCUT2D eigenvalue weighted by Gasteiger charge is 2.15. The number of amides is 1. The van der Waals surface area contributed by atoms with E-state index in [4.69, 9.17) is 16.3 Å². The van der Waals surface area contributed by atoms with Gasteiger partial charge in [-0.05, 0) is 25.2 Å². The largest absolute Gasteiger partial charge is 0.381 e. The van der Waals surface area contributed by atoms with Gasteiger partial charge in [-0.3, -0.25) is 9.20 Å². The van der Waals surface area contributed by atoms with Gasteiger partial charge in [-0.25, -0.2) is 9.97 Å². The van der Waals surface area contributed by atoms with E-state index in [0.29, 0.717) is 29.0 Å². The molecule has 0 bridgehead atoms. The first-order valence-electron chi connectivity index (χ1n) is 7.08. The van der Waals surface area contributed by atoms with Gasteiger partial charge in [-0.15, -0.1) is 0 Å². The third-order valence-electron chi connectivity index (χ3n) is 3.60. The number of carbonyl (C=O) groups excluding carboxylic acids is 1. The van der Waals surface area contributed by atoms with E-state index >= 15 is 0 Å². The van der Waals surface area contributed by atoms with Crippen molar-refractivity contribution in [3.63, 3.8) is 0 Å². The van der Waals surface area contributed by atoms with Gasteiger partial charge in [-0.2, -0.15) is 0 Å². The van der Waals surface area contributed by atoms with Crippen LogP contribution in [0.15, 0.2) is 18.6 Å². The van der Waals surface area contributed by atoms with E-state index in [1.165, 1.54) is 12.6 Å². The highest BCUT2D eigenvalue weighted by molar-refractivity contribution is 6.30. The molecule has 1 aliphatic heterocycles. The van der Waals surface area contributed by atoms with Crippen LogP contribution in [0.5, 0.6) is 0 Å². The van der Waals surface area contributed by atoms with Gasteiger partial charge in [0.2, 0.25) is 5.78 Å². The van der Waals surface area contributed by atoms with Crippen LogP contribution >= 0.6 is 11.6 Å². The fourth-order valence-corrected chi connectivity index (χ4v) is 2.64. The highest BCUT2D eigenvalue weighted by Crippen LogP contribution is 2.16. The Hall–Kier alpha value is -1.66. The van der Waals surface area contributed by atoms with E-state index in [1.54, 1.807) is 16.8 Å². The minimum Gasteiger partial charge on any atom is -0.381 e. The van der Waals surface area contributed by atoms with Crippen LogP contribution in [0.3, 0.4) is 0 Å². The number of nitrogens with zero attached hydrogens (tertiary/aromatic N) is 3. The molecule has 1 saturated heterocycles. The summed E-state index contributed by atoms with van der Waals surface area (Å²) in [5.74, 6) is 0.819. The molecule has 1 aliphatic rings. The van der Waals surface area contributed by atoms with Crippen LogP contribution < -0.4 is 5.32 Å². The van der Waals surface area contributed by atoms with Crippen molar-refractivity contribution in [3.05, 3.63) is 29.3 Å². The van der Waals surface area contributed by atoms with E-state index in [0.717, 1.165) is 26.1 Å². The number of rotatable bonds is 4. The number of ether oxygens (including phenoxy) is 1. The maximum Gasteiger partial charge on any atom is 0.271 e. The predicted molar refractivity (Wildman–Crippen MR) is 78.5 cm³/mol. The SMILES string of the molecule is O=C(NCC[C@@H]1CCCOC1)c1cn2cc(Cl)cnc2n1. The molecule has 3 heterocycles. The normalized spacial score (nSPS) is 18.8. The molecule has 0 aliphatic carbocycles. The molecule has 1 N–H and O–H groups in total. The van der Waals surface area contributed by atoms with Crippen LogP contribution in [0.1, 0.15) is 29.8 Å². The lowest BCUT2D eigenvalue weighted by molar-refractivity contribution is 0.0514. The minimum atomic E-state index is -0.187. The maximum absolute atomic E-state index is 12.1. The predicted octanol–water partition coefficient (Wildman–Crippen LogP) is 1.93. The lowest BCUT2D eigenvalue weighted by atomic mass is 9.99. The van der Waals surface area contributed by atoms with Crippen LogP contribution in [0.25, 0.3) is 5.78 Å². The number of nitrogens with one attached hydrogen (secondary N) is 1. The van der Waals surface area contributed by atoms with E-state index in [-0.39, 0.29) is 5.91 Å². The van der Waals surface area contributed by atoms with Gasteiger partial charge in [0.1, 0.15) is 5.69 Å². The maximum atomic E-state index is 12.1. The zero-order valence-corrected chi connectivity index (χ0v) is 12.3. The number of carbonyl (C=O) groups is 1. The Labute approximate surface area is 127 Å². The third-order valence-corrected chi connectivity index (χ3v) is 3.80. The van der Waals surface area contributed by atoms with Crippen molar-refractivity contribution in [2.75, 3.05) is 19.8 Å². The molecule has 0 unspecified atom stereocenters. The van der Waals surface area contributed by atoms with Crippen molar-refractivity contribution in [3.8, 4) is 0 Å². The molecule has 21 heavy (non-hydrogen) atoms. The zero-order valence-electron chi connectivity index (χ0n) is 11.6. The molecule has 2 aromatic heterocycles. The molecule has 0 saturated carbocycles. The molecule has 0 spiro atoms. The van der Waals surface area contributed by atoms with E-state index < -0.39 is 0 Å². The van der Waals surface area contributed by atoms with Crippen LogP contribution in [0, 0.1) is 5.92 Å². The molecular formula is C14H17ClN4O2. The van der Waals surface area contributed by atoms with Gasteiger partial charge in [0.25, 0.3) is 5.91 Å². The molecular weight excluding hydrogens is 292 g/mol. The number of halogens is 1. The van der Waals surface area contributed by atoms with Crippen molar-refractivity contribution >= 4 is 23.3 Å². The van der Waals surface area contributed by atoms with E-state index in [2.05, 4.69) is 15.3 Å². The van der Waals surface area contributed by atoms with Gasteiger partial charge in [0.15, 0.2) is 0 Å². The number of fused-ring (bicyclic) bond motifs is 1. The third kappa shape index (κ3) is 3.51. The highest BCUT2D eigenvalue weighted by atomic mass is 35.5. The first kappa shape index (κ1) is 14.3. The van der Waals surface area contributed by atoms with Crippen molar-refractivity contribution in [1.82, 2.24) is 19.7 Å².